The predicted octanol–water partition coefficient (Wildman–Crippen LogP) is 0.321. The molecule has 0 radical (unpaired) electrons. The van der Waals surface area contributed by atoms with Gasteiger partial charge in [-0.1, -0.05) is 24.0 Å². The van der Waals surface area contributed by atoms with Gasteiger partial charge in [0, 0.05) is 32.4 Å². The normalized spacial score (nSPS) is 12.5. The number of hydrogen-bond donors (Lipinski definition) is 4. The Morgan fingerprint density at radius 3 is 2.48 bits per heavy atom. The van der Waals surface area contributed by atoms with Crippen LogP contribution in [0.25, 0.3) is 0 Å². The fraction of sp³-hybridized carbons (Fsp3) is 0.474. The maximum Gasteiger partial charge on any atom is 0.242 e. The summed E-state index contributed by atoms with van der Waals surface area (Å²) in [5, 5.41) is 14.8. The third kappa shape index (κ3) is 8.34. The van der Waals surface area contributed by atoms with Crippen LogP contribution >= 0.6 is 0 Å². The van der Waals surface area contributed by atoms with Gasteiger partial charge in [-0.05, 0) is 37.1 Å². The third-order valence-corrected chi connectivity index (χ3v) is 3.67. The number of benzene rings is 1. The predicted molar refractivity (Wildman–Crippen MR) is 97.6 cm³/mol. The molecule has 0 aliphatic carbocycles. The van der Waals surface area contributed by atoms with E-state index in [4.69, 9.17) is 5.73 Å². The highest BCUT2D eigenvalue weighted by atomic mass is 16.3. The van der Waals surface area contributed by atoms with Crippen LogP contribution in [-0.4, -0.2) is 42.7 Å². The zero-order valence-electron chi connectivity index (χ0n) is 14.8. The molecule has 0 heterocycles. The van der Waals surface area contributed by atoms with E-state index in [2.05, 4.69) is 22.5 Å². The fourth-order valence-corrected chi connectivity index (χ4v) is 2.33. The van der Waals surface area contributed by atoms with Crippen LogP contribution in [0.5, 0.6) is 0 Å². The van der Waals surface area contributed by atoms with Crippen molar-refractivity contribution in [1.29, 1.82) is 0 Å². The Balaban J connectivity index is 2.60. The van der Waals surface area contributed by atoms with Crippen molar-refractivity contribution in [2.45, 2.75) is 44.8 Å². The molecule has 0 aromatic heterocycles. The number of aliphatic hydroxyl groups is 1. The van der Waals surface area contributed by atoms with Gasteiger partial charge in [0.25, 0.3) is 0 Å². The summed E-state index contributed by atoms with van der Waals surface area (Å²) in [5.41, 5.74) is 7.19. The highest BCUT2D eigenvalue weighted by Gasteiger charge is 2.18. The van der Waals surface area contributed by atoms with Gasteiger partial charge in [0.05, 0.1) is 6.10 Å². The van der Waals surface area contributed by atoms with Gasteiger partial charge in [-0.15, -0.1) is 0 Å². The number of carbonyl (C=O) groups excluding carboxylic acids is 2. The van der Waals surface area contributed by atoms with Crippen molar-refractivity contribution in [3.63, 3.8) is 0 Å². The van der Waals surface area contributed by atoms with Gasteiger partial charge in [-0.2, -0.15) is 0 Å². The zero-order chi connectivity index (χ0) is 18.7. The number of likely N-dealkylation sites (N-methyl/N-ethyl adjacent to an activating group) is 1. The lowest BCUT2D eigenvalue weighted by Crippen LogP contribution is -2.46. The molecule has 1 aromatic carbocycles. The highest BCUT2D eigenvalue weighted by molar-refractivity contribution is 5.86. The molecule has 5 N–H and O–H groups in total. The Morgan fingerprint density at radius 1 is 1.24 bits per heavy atom. The van der Waals surface area contributed by atoms with Crippen LogP contribution in [-0.2, 0) is 16.0 Å². The summed E-state index contributed by atoms with van der Waals surface area (Å²) < 4.78 is 0. The van der Waals surface area contributed by atoms with Crippen LogP contribution in [0.2, 0.25) is 0 Å². The zero-order valence-corrected chi connectivity index (χ0v) is 14.8. The van der Waals surface area contributed by atoms with Crippen molar-refractivity contribution >= 4 is 11.8 Å². The van der Waals surface area contributed by atoms with E-state index in [1.54, 1.807) is 7.05 Å². The summed E-state index contributed by atoms with van der Waals surface area (Å²) in [7, 11) is 1.54. The topological polar surface area (TPSA) is 104 Å². The maximum atomic E-state index is 11.8. The largest absolute Gasteiger partial charge is 0.393 e. The van der Waals surface area contributed by atoms with E-state index in [0.29, 0.717) is 32.2 Å². The van der Waals surface area contributed by atoms with Crippen LogP contribution in [0.4, 0.5) is 0 Å². The molecule has 25 heavy (non-hydrogen) atoms. The van der Waals surface area contributed by atoms with Gasteiger partial charge in [-0.25, -0.2) is 0 Å². The average Bonchev–Trinajstić information content (AvgIpc) is 2.58. The molecule has 0 aliphatic rings. The van der Waals surface area contributed by atoms with Crippen molar-refractivity contribution in [2.24, 2.45) is 5.73 Å². The number of aliphatic hydroxyl groups excluding tert-OH is 1. The minimum Gasteiger partial charge on any atom is -0.393 e. The number of rotatable bonds is 8. The molecule has 6 nitrogen and oxygen atoms in total. The lowest BCUT2D eigenvalue weighted by Gasteiger charge is -2.16. The first-order valence-corrected chi connectivity index (χ1v) is 8.41. The smallest absolute Gasteiger partial charge is 0.242 e. The van der Waals surface area contributed by atoms with Gasteiger partial charge in [0.2, 0.25) is 11.8 Å². The average molecular weight is 345 g/mol. The summed E-state index contributed by atoms with van der Waals surface area (Å²) in [6.45, 7) is 1.87. The number of hydrogen-bond acceptors (Lipinski definition) is 4. The Hall–Kier alpha value is -2.36. The summed E-state index contributed by atoms with van der Waals surface area (Å²) in [5.74, 6) is 5.61. The molecule has 0 aliphatic heterocycles. The number of nitrogens with two attached hydrogens (primary N) is 1. The van der Waals surface area contributed by atoms with Crippen molar-refractivity contribution in [2.75, 3.05) is 13.6 Å². The molecule has 136 valence electrons. The van der Waals surface area contributed by atoms with E-state index in [1.807, 2.05) is 24.3 Å². The SMILES string of the molecule is CNC(=O)C(Cc1ccc(C#CCCC(O)CCN)cc1)NC(C)=O. The van der Waals surface area contributed by atoms with Gasteiger partial charge >= 0.3 is 0 Å². The molecule has 0 bridgehead atoms. The first-order valence-electron chi connectivity index (χ1n) is 8.41. The maximum absolute atomic E-state index is 11.8. The van der Waals surface area contributed by atoms with Crippen LogP contribution in [0.1, 0.15) is 37.3 Å². The number of amides is 2. The van der Waals surface area contributed by atoms with Crippen LogP contribution in [0.15, 0.2) is 24.3 Å². The first-order chi connectivity index (χ1) is 12.0. The molecule has 0 saturated heterocycles. The molecule has 2 amide bonds. The molecule has 0 spiro atoms. The first kappa shape index (κ1) is 20.7. The minimum absolute atomic E-state index is 0.227. The summed E-state index contributed by atoms with van der Waals surface area (Å²) in [6, 6.07) is 6.96. The van der Waals surface area contributed by atoms with E-state index in [1.165, 1.54) is 6.92 Å². The van der Waals surface area contributed by atoms with Gasteiger partial charge in [-0.3, -0.25) is 9.59 Å². The Kier molecular flexibility index (Phi) is 9.30. The van der Waals surface area contributed by atoms with Crippen LogP contribution < -0.4 is 16.4 Å². The summed E-state index contributed by atoms with van der Waals surface area (Å²) in [6.07, 6.45) is 1.85. The number of nitrogens with one attached hydrogen (secondary N) is 2. The third-order valence-electron chi connectivity index (χ3n) is 3.67. The van der Waals surface area contributed by atoms with Crippen molar-refractivity contribution in [3.05, 3.63) is 35.4 Å². The van der Waals surface area contributed by atoms with Crippen molar-refractivity contribution in [1.82, 2.24) is 10.6 Å². The Bertz CT molecular complexity index is 617. The minimum atomic E-state index is -0.594. The molecule has 0 fully saturated rings. The molecular weight excluding hydrogens is 318 g/mol. The molecule has 0 saturated carbocycles. The number of carbonyl (C=O) groups is 2. The molecule has 1 aromatic rings. The summed E-state index contributed by atoms with van der Waals surface area (Å²) >= 11 is 0. The quantitative estimate of drug-likeness (QED) is 0.509. The second-order valence-electron chi connectivity index (χ2n) is 5.84. The van der Waals surface area contributed by atoms with Crippen molar-refractivity contribution in [3.8, 4) is 11.8 Å². The standard InChI is InChI=1S/C19H27N3O3/c1-14(23)22-18(19(25)21-2)13-16-9-7-15(8-10-16)5-3-4-6-17(24)11-12-20/h7-10,17-18,24H,4,6,11-13,20H2,1-2H3,(H,21,25)(H,22,23). The fourth-order valence-electron chi connectivity index (χ4n) is 2.33. The van der Waals surface area contributed by atoms with E-state index in [-0.39, 0.29) is 11.8 Å². The van der Waals surface area contributed by atoms with E-state index >= 15 is 0 Å². The second kappa shape index (κ2) is 11.2. The lowest BCUT2D eigenvalue weighted by atomic mass is 10.0. The van der Waals surface area contributed by atoms with Gasteiger partial charge < -0.3 is 21.5 Å². The molecule has 1 rings (SSSR count). The van der Waals surface area contributed by atoms with Gasteiger partial charge in [0.15, 0.2) is 0 Å². The monoisotopic (exact) mass is 345 g/mol. The van der Waals surface area contributed by atoms with E-state index in [9.17, 15) is 14.7 Å². The second-order valence-corrected chi connectivity index (χ2v) is 5.84. The Morgan fingerprint density at radius 2 is 1.92 bits per heavy atom. The Labute approximate surface area is 149 Å². The van der Waals surface area contributed by atoms with Crippen LogP contribution in [0, 0.1) is 11.8 Å². The molecule has 2 unspecified atom stereocenters. The van der Waals surface area contributed by atoms with E-state index in [0.717, 1.165) is 11.1 Å². The lowest BCUT2D eigenvalue weighted by molar-refractivity contribution is -0.127. The van der Waals surface area contributed by atoms with E-state index < -0.39 is 12.1 Å². The van der Waals surface area contributed by atoms with Gasteiger partial charge in [0.1, 0.15) is 6.04 Å². The molecule has 6 heteroatoms. The van der Waals surface area contributed by atoms with Crippen LogP contribution in [0.3, 0.4) is 0 Å². The summed E-state index contributed by atoms with van der Waals surface area (Å²) in [4.78, 5) is 23.0. The molecular formula is C19H27N3O3. The van der Waals surface area contributed by atoms with Crippen molar-refractivity contribution < 1.29 is 14.7 Å². The highest BCUT2D eigenvalue weighted by Crippen LogP contribution is 2.07. The molecule has 2 atom stereocenters.